The molecule has 5 nitrogen and oxygen atoms in total. The molecular weight excluding hydrogens is 288 g/mol. The van der Waals surface area contributed by atoms with E-state index in [-0.39, 0.29) is 15.5 Å². The van der Waals surface area contributed by atoms with Crippen LogP contribution >= 0.6 is 0 Å². The van der Waals surface area contributed by atoms with Gasteiger partial charge in [-0.3, -0.25) is 4.55 Å². The minimum Gasteiger partial charge on any atom is -0.379 e. The summed E-state index contributed by atoms with van der Waals surface area (Å²) in [6, 6.07) is 13.5. The van der Waals surface area contributed by atoms with Gasteiger partial charge >= 0.3 is 11.4 Å². The predicted octanol–water partition coefficient (Wildman–Crippen LogP) is 2.03. The van der Waals surface area contributed by atoms with Gasteiger partial charge in [-0.05, 0) is 24.3 Å². The van der Waals surface area contributed by atoms with E-state index < -0.39 is 21.2 Å². The zero-order valence-corrected chi connectivity index (χ0v) is 11.2. The summed E-state index contributed by atoms with van der Waals surface area (Å²) in [4.78, 5) is -0.0571. The predicted molar refractivity (Wildman–Crippen MR) is 69.7 cm³/mol. The fourth-order valence-corrected chi connectivity index (χ4v) is 3.30. The Kier molecular flexibility index (Phi) is 3.98. The Bertz CT molecular complexity index is 695. The zero-order chi connectivity index (χ0) is 13.9. The molecule has 1 N–H and O–H groups in total. The number of rotatable bonds is 4. The van der Waals surface area contributed by atoms with Crippen molar-refractivity contribution in [3.63, 3.8) is 0 Å². The van der Waals surface area contributed by atoms with Crippen LogP contribution in [-0.4, -0.2) is 17.2 Å². The van der Waals surface area contributed by atoms with Crippen molar-refractivity contribution >= 4 is 21.2 Å². The minimum absolute atomic E-state index is 0.0924. The molecule has 2 rings (SSSR count). The van der Waals surface area contributed by atoms with E-state index in [1.165, 1.54) is 36.4 Å². The summed E-state index contributed by atoms with van der Waals surface area (Å²) < 4.78 is 48.8. The van der Waals surface area contributed by atoms with Crippen LogP contribution in [0, 0.1) is 0 Å². The lowest BCUT2D eigenvalue weighted by Gasteiger charge is -2.08. The van der Waals surface area contributed by atoms with Crippen molar-refractivity contribution in [1.29, 1.82) is 0 Å². The second-order valence-corrected chi connectivity index (χ2v) is 6.08. The average molecular weight is 298 g/mol. The van der Waals surface area contributed by atoms with Crippen LogP contribution in [0.4, 0.5) is 0 Å². The lowest BCUT2D eigenvalue weighted by Crippen LogP contribution is -2.06. The van der Waals surface area contributed by atoms with Gasteiger partial charge in [0.1, 0.15) is 4.90 Å². The Morgan fingerprint density at radius 1 is 0.947 bits per heavy atom. The molecule has 0 spiro atoms. The van der Waals surface area contributed by atoms with Gasteiger partial charge < -0.3 is 4.18 Å². The average Bonchev–Trinajstić information content (AvgIpc) is 2.39. The Labute approximate surface area is 113 Å². The summed E-state index contributed by atoms with van der Waals surface area (Å²) >= 11 is -2.58. The van der Waals surface area contributed by atoms with E-state index in [0.717, 1.165) is 0 Å². The van der Waals surface area contributed by atoms with Gasteiger partial charge in [-0.25, -0.2) is 8.42 Å². The molecular formula is C12H10O5S2. The van der Waals surface area contributed by atoms with E-state index in [1.807, 2.05) is 0 Å². The van der Waals surface area contributed by atoms with E-state index in [9.17, 15) is 12.6 Å². The van der Waals surface area contributed by atoms with Crippen molar-refractivity contribution in [2.24, 2.45) is 0 Å². The van der Waals surface area contributed by atoms with Crippen LogP contribution < -0.4 is 4.18 Å². The monoisotopic (exact) mass is 298 g/mol. The topological polar surface area (TPSA) is 80.7 Å². The van der Waals surface area contributed by atoms with E-state index in [2.05, 4.69) is 4.18 Å². The quantitative estimate of drug-likeness (QED) is 0.874. The molecule has 19 heavy (non-hydrogen) atoms. The summed E-state index contributed by atoms with van der Waals surface area (Å²) in [5.41, 5.74) is 0. The van der Waals surface area contributed by atoms with Gasteiger partial charge in [0.05, 0.1) is 4.90 Å². The first-order valence-electron chi connectivity index (χ1n) is 5.20. The second kappa shape index (κ2) is 5.52. The van der Waals surface area contributed by atoms with E-state index in [4.69, 9.17) is 4.55 Å². The van der Waals surface area contributed by atoms with E-state index in [1.54, 1.807) is 18.2 Å². The van der Waals surface area contributed by atoms with Crippen LogP contribution in [0.5, 0.6) is 5.75 Å². The summed E-state index contributed by atoms with van der Waals surface area (Å²) in [5.74, 6) is -0.160. The molecule has 7 heteroatoms. The van der Waals surface area contributed by atoms with Crippen molar-refractivity contribution in [3.05, 3.63) is 54.6 Å². The Morgan fingerprint density at radius 2 is 1.53 bits per heavy atom. The second-order valence-electron chi connectivity index (χ2n) is 3.56. The molecule has 100 valence electrons. The number of sulfone groups is 1. The van der Waals surface area contributed by atoms with Crippen molar-refractivity contribution in [1.82, 2.24) is 0 Å². The van der Waals surface area contributed by atoms with Crippen molar-refractivity contribution in [3.8, 4) is 5.75 Å². The third kappa shape index (κ3) is 3.01. The smallest absolute Gasteiger partial charge is 0.357 e. The molecule has 2 aromatic rings. The number of para-hydroxylation sites is 1. The standard InChI is InChI=1S/C12H10O5S2/c13-18(14)17-11-8-4-5-9-12(11)19(15,16)10-6-2-1-3-7-10/h1-9H,(H,13,14). The molecule has 1 unspecified atom stereocenters. The highest BCUT2D eigenvalue weighted by Crippen LogP contribution is 2.29. The first-order chi connectivity index (χ1) is 9.01. The zero-order valence-electron chi connectivity index (χ0n) is 9.59. The Hall–Kier alpha value is -1.70. The molecule has 0 amide bonds. The van der Waals surface area contributed by atoms with Crippen LogP contribution in [0.2, 0.25) is 0 Å². The number of benzene rings is 2. The number of hydrogen-bond acceptors (Lipinski definition) is 4. The first-order valence-corrected chi connectivity index (χ1v) is 7.71. The fourth-order valence-electron chi connectivity index (χ4n) is 1.54. The lowest BCUT2D eigenvalue weighted by molar-refractivity contribution is 0.452. The molecule has 0 fully saturated rings. The van der Waals surface area contributed by atoms with Crippen LogP contribution in [0.25, 0.3) is 0 Å². The maximum Gasteiger partial charge on any atom is 0.357 e. The third-order valence-corrected chi connectivity index (χ3v) is 4.48. The molecule has 0 aliphatic heterocycles. The van der Waals surface area contributed by atoms with Crippen molar-refractivity contribution < 1.29 is 21.4 Å². The molecule has 2 aromatic carbocycles. The van der Waals surface area contributed by atoms with Crippen LogP contribution in [0.15, 0.2) is 64.4 Å². The van der Waals surface area contributed by atoms with Gasteiger partial charge in [-0.15, -0.1) is 0 Å². The molecule has 0 bridgehead atoms. The molecule has 0 aliphatic carbocycles. The molecule has 0 radical (unpaired) electrons. The Balaban J connectivity index is 2.56. The highest BCUT2D eigenvalue weighted by atomic mass is 32.2. The third-order valence-electron chi connectivity index (χ3n) is 2.35. The highest BCUT2D eigenvalue weighted by molar-refractivity contribution is 7.91. The van der Waals surface area contributed by atoms with Gasteiger partial charge in [0, 0.05) is 0 Å². The summed E-state index contributed by atoms with van der Waals surface area (Å²) in [6.45, 7) is 0. The van der Waals surface area contributed by atoms with Gasteiger partial charge in [0.2, 0.25) is 9.84 Å². The van der Waals surface area contributed by atoms with Gasteiger partial charge in [0.25, 0.3) is 0 Å². The summed E-state index contributed by atoms with van der Waals surface area (Å²) in [7, 11) is -3.79. The van der Waals surface area contributed by atoms with Gasteiger partial charge in [0.15, 0.2) is 5.75 Å². The van der Waals surface area contributed by atoms with Crippen LogP contribution in [-0.2, 0) is 21.2 Å². The maximum atomic E-state index is 12.4. The number of hydrogen-bond donors (Lipinski definition) is 1. The first kappa shape index (κ1) is 13.7. The Morgan fingerprint density at radius 3 is 2.16 bits per heavy atom. The van der Waals surface area contributed by atoms with E-state index >= 15 is 0 Å². The lowest BCUT2D eigenvalue weighted by atomic mass is 10.3. The summed E-state index contributed by atoms with van der Waals surface area (Å²) in [6.07, 6.45) is 0. The molecule has 0 heterocycles. The highest BCUT2D eigenvalue weighted by Gasteiger charge is 2.22. The molecule has 0 saturated heterocycles. The van der Waals surface area contributed by atoms with Crippen LogP contribution in [0.3, 0.4) is 0 Å². The van der Waals surface area contributed by atoms with Gasteiger partial charge in [-0.1, -0.05) is 30.3 Å². The SMILES string of the molecule is O=S(O)Oc1ccccc1S(=O)(=O)c1ccccc1. The van der Waals surface area contributed by atoms with Crippen LogP contribution in [0.1, 0.15) is 0 Å². The molecule has 0 aliphatic rings. The van der Waals surface area contributed by atoms with Crippen molar-refractivity contribution in [2.45, 2.75) is 9.79 Å². The maximum absolute atomic E-state index is 12.4. The molecule has 1 atom stereocenters. The molecule has 0 saturated carbocycles. The van der Waals surface area contributed by atoms with E-state index in [0.29, 0.717) is 0 Å². The fraction of sp³-hybridized carbons (Fsp3) is 0. The van der Waals surface area contributed by atoms with Gasteiger partial charge in [-0.2, -0.15) is 4.21 Å². The van der Waals surface area contributed by atoms with Crippen molar-refractivity contribution in [2.75, 3.05) is 0 Å². The largest absolute Gasteiger partial charge is 0.379 e. The molecule has 0 aromatic heterocycles. The normalized spacial score (nSPS) is 12.9. The minimum atomic E-state index is -3.79. The summed E-state index contributed by atoms with van der Waals surface area (Å²) in [5, 5.41) is 0.